The highest BCUT2D eigenvalue weighted by Crippen LogP contribution is 2.26. The van der Waals surface area contributed by atoms with Crippen LogP contribution in [-0.2, 0) is 22.6 Å². The molecule has 1 aromatic carbocycles. The first-order valence-electron chi connectivity index (χ1n) is 8.78. The van der Waals surface area contributed by atoms with Gasteiger partial charge in [-0.05, 0) is 24.1 Å². The van der Waals surface area contributed by atoms with Gasteiger partial charge < -0.3 is 9.64 Å². The molecule has 0 N–H and O–H groups in total. The van der Waals surface area contributed by atoms with E-state index in [-0.39, 0.29) is 24.7 Å². The average Bonchev–Trinajstić information content (AvgIpc) is 3.03. The second-order valence-electron chi connectivity index (χ2n) is 6.89. The van der Waals surface area contributed by atoms with Crippen LogP contribution in [0.15, 0.2) is 48.7 Å². The van der Waals surface area contributed by atoms with Gasteiger partial charge in [0.1, 0.15) is 6.61 Å². The molecule has 0 saturated carbocycles. The number of pyridine rings is 1. The van der Waals surface area contributed by atoms with Gasteiger partial charge in [-0.3, -0.25) is 14.7 Å². The van der Waals surface area contributed by atoms with Crippen molar-refractivity contribution in [1.29, 1.82) is 0 Å². The van der Waals surface area contributed by atoms with Gasteiger partial charge in [-0.25, -0.2) is 0 Å². The SMILES string of the molecule is Cc1cccnc1CN1C[C@@H]2[C@@H](C1)OCC(=O)N2Cc1ccccc1. The summed E-state index contributed by atoms with van der Waals surface area (Å²) in [5, 5.41) is 0. The molecule has 130 valence electrons. The van der Waals surface area contributed by atoms with Crippen LogP contribution in [0, 0.1) is 6.92 Å². The fraction of sp³-hybridized carbons (Fsp3) is 0.400. The molecule has 2 atom stereocenters. The number of aromatic nitrogens is 1. The third kappa shape index (κ3) is 3.43. The molecule has 2 fully saturated rings. The maximum atomic E-state index is 12.4. The number of hydrogen-bond donors (Lipinski definition) is 0. The maximum Gasteiger partial charge on any atom is 0.249 e. The maximum absolute atomic E-state index is 12.4. The van der Waals surface area contributed by atoms with Gasteiger partial charge >= 0.3 is 0 Å². The first-order chi connectivity index (χ1) is 12.2. The molecule has 0 radical (unpaired) electrons. The van der Waals surface area contributed by atoms with Gasteiger partial charge in [0.15, 0.2) is 0 Å². The van der Waals surface area contributed by atoms with E-state index in [9.17, 15) is 4.79 Å². The zero-order valence-corrected chi connectivity index (χ0v) is 14.5. The quantitative estimate of drug-likeness (QED) is 0.856. The number of fused-ring (bicyclic) bond motifs is 1. The molecule has 3 heterocycles. The number of ether oxygens (including phenoxy) is 1. The number of aryl methyl sites for hydroxylation is 1. The normalized spacial score (nSPS) is 23.7. The van der Waals surface area contributed by atoms with Crippen LogP contribution in [0.1, 0.15) is 16.8 Å². The summed E-state index contributed by atoms with van der Waals surface area (Å²) in [5.41, 5.74) is 3.47. The van der Waals surface area contributed by atoms with Gasteiger partial charge in [-0.15, -0.1) is 0 Å². The summed E-state index contributed by atoms with van der Waals surface area (Å²) in [6.45, 7) is 5.41. The Hall–Kier alpha value is -2.24. The second-order valence-corrected chi connectivity index (χ2v) is 6.89. The van der Waals surface area contributed by atoms with Crippen molar-refractivity contribution in [2.75, 3.05) is 19.7 Å². The van der Waals surface area contributed by atoms with Crippen molar-refractivity contribution in [2.45, 2.75) is 32.2 Å². The first kappa shape index (κ1) is 16.2. The topological polar surface area (TPSA) is 45.7 Å². The highest BCUT2D eigenvalue weighted by Gasteiger charge is 2.43. The summed E-state index contributed by atoms with van der Waals surface area (Å²) < 4.78 is 5.83. The molecular formula is C20H23N3O2. The number of carbonyl (C=O) groups excluding carboxylic acids is 1. The molecule has 25 heavy (non-hydrogen) atoms. The number of rotatable bonds is 4. The average molecular weight is 337 g/mol. The molecule has 1 amide bonds. The van der Waals surface area contributed by atoms with Crippen molar-refractivity contribution in [3.8, 4) is 0 Å². The largest absolute Gasteiger partial charge is 0.365 e. The molecule has 5 heteroatoms. The van der Waals surface area contributed by atoms with E-state index >= 15 is 0 Å². The van der Waals surface area contributed by atoms with E-state index < -0.39 is 0 Å². The number of nitrogens with zero attached hydrogens (tertiary/aromatic N) is 3. The van der Waals surface area contributed by atoms with E-state index in [1.54, 1.807) is 0 Å². The zero-order valence-electron chi connectivity index (χ0n) is 14.5. The summed E-state index contributed by atoms with van der Waals surface area (Å²) in [6, 6.07) is 14.3. The van der Waals surface area contributed by atoms with Crippen molar-refractivity contribution in [3.05, 3.63) is 65.5 Å². The van der Waals surface area contributed by atoms with E-state index in [1.807, 2.05) is 35.4 Å². The van der Waals surface area contributed by atoms with Crippen LogP contribution in [0.4, 0.5) is 0 Å². The lowest BCUT2D eigenvalue weighted by Gasteiger charge is -2.36. The fourth-order valence-corrected chi connectivity index (χ4v) is 3.75. The summed E-state index contributed by atoms with van der Waals surface area (Å²) in [4.78, 5) is 21.3. The molecule has 2 aliphatic rings. The Balaban J connectivity index is 1.48. The van der Waals surface area contributed by atoms with Crippen LogP contribution in [0.25, 0.3) is 0 Å². The molecule has 1 aromatic heterocycles. The lowest BCUT2D eigenvalue weighted by Crippen LogP contribution is -2.53. The highest BCUT2D eigenvalue weighted by atomic mass is 16.5. The molecule has 0 aliphatic carbocycles. The predicted octanol–water partition coefficient (Wildman–Crippen LogP) is 2.00. The Morgan fingerprint density at radius 1 is 1.12 bits per heavy atom. The standard InChI is InChI=1S/C20H23N3O2/c1-15-6-5-9-21-17(15)11-22-12-18-19(13-22)25-14-20(24)23(18)10-16-7-3-2-4-8-16/h2-9,18-19H,10-14H2,1H3/t18-,19-/m1/s1. The van der Waals surface area contributed by atoms with Crippen molar-refractivity contribution in [3.63, 3.8) is 0 Å². The molecule has 0 spiro atoms. The van der Waals surface area contributed by atoms with Gasteiger partial charge in [0, 0.05) is 32.4 Å². The minimum atomic E-state index is 0.0842. The molecule has 2 aromatic rings. The predicted molar refractivity (Wildman–Crippen MR) is 94.8 cm³/mol. The monoisotopic (exact) mass is 337 g/mol. The Bertz CT molecular complexity index is 750. The van der Waals surface area contributed by atoms with Gasteiger partial charge in [0.25, 0.3) is 0 Å². The van der Waals surface area contributed by atoms with Crippen molar-refractivity contribution in [2.24, 2.45) is 0 Å². The number of morpholine rings is 1. The van der Waals surface area contributed by atoms with Gasteiger partial charge in [0.2, 0.25) is 5.91 Å². The fourth-order valence-electron chi connectivity index (χ4n) is 3.75. The van der Waals surface area contributed by atoms with Gasteiger partial charge in [0.05, 0.1) is 17.8 Å². The molecule has 0 bridgehead atoms. The molecule has 5 nitrogen and oxygen atoms in total. The van der Waals surface area contributed by atoms with E-state index in [2.05, 4.69) is 35.0 Å². The summed E-state index contributed by atoms with van der Waals surface area (Å²) in [7, 11) is 0. The molecule has 2 saturated heterocycles. The van der Waals surface area contributed by atoms with Crippen molar-refractivity contribution >= 4 is 5.91 Å². The Morgan fingerprint density at radius 3 is 2.76 bits per heavy atom. The van der Waals surface area contributed by atoms with Crippen LogP contribution in [0.2, 0.25) is 0 Å². The minimum Gasteiger partial charge on any atom is -0.365 e. The lowest BCUT2D eigenvalue weighted by atomic mass is 10.1. The molecule has 0 unspecified atom stereocenters. The summed E-state index contributed by atoms with van der Waals surface area (Å²) >= 11 is 0. The van der Waals surface area contributed by atoms with Crippen LogP contribution in [0.5, 0.6) is 0 Å². The van der Waals surface area contributed by atoms with E-state index in [1.165, 1.54) is 5.56 Å². The van der Waals surface area contributed by atoms with Crippen LogP contribution in [-0.4, -0.2) is 52.5 Å². The van der Waals surface area contributed by atoms with Crippen LogP contribution >= 0.6 is 0 Å². The number of likely N-dealkylation sites (tertiary alicyclic amines) is 1. The van der Waals surface area contributed by atoms with Crippen molar-refractivity contribution in [1.82, 2.24) is 14.8 Å². The highest BCUT2D eigenvalue weighted by molar-refractivity contribution is 5.78. The molecule has 4 rings (SSSR count). The number of benzene rings is 1. The van der Waals surface area contributed by atoms with Gasteiger partial charge in [-0.2, -0.15) is 0 Å². The summed E-state index contributed by atoms with van der Waals surface area (Å²) in [5.74, 6) is 0.0842. The molecule has 2 aliphatic heterocycles. The number of amides is 1. The molecular weight excluding hydrogens is 314 g/mol. The van der Waals surface area contributed by atoms with Gasteiger partial charge in [-0.1, -0.05) is 36.4 Å². The minimum absolute atomic E-state index is 0.0842. The Labute approximate surface area is 148 Å². The first-order valence-corrected chi connectivity index (χ1v) is 8.78. The number of carbonyl (C=O) groups is 1. The van der Waals surface area contributed by atoms with Crippen LogP contribution < -0.4 is 0 Å². The van der Waals surface area contributed by atoms with Crippen molar-refractivity contribution < 1.29 is 9.53 Å². The Morgan fingerprint density at radius 2 is 1.96 bits per heavy atom. The summed E-state index contributed by atoms with van der Waals surface area (Å²) in [6.07, 6.45) is 1.93. The third-order valence-electron chi connectivity index (χ3n) is 5.14. The Kier molecular flexibility index (Phi) is 4.51. The van der Waals surface area contributed by atoms with E-state index in [0.29, 0.717) is 6.54 Å². The lowest BCUT2D eigenvalue weighted by molar-refractivity contribution is -0.153. The zero-order chi connectivity index (χ0) is 17.2. The smallest absolute Gasteiger partial charge is 0.249 e. The van der Waals surface area contributed by atoms with E-state index in [0.717, 1.165) is 30.9 Å². The third-order valence-corrected chi connectivity index (χ3v) is 5.14. The van der Waals surface area contributed by atoms with Crippen LogP contribution in [0.3, 0.4) is 0 Å². The number of hydrogen-bond acceptors (Lipinski definition) is 4. The second kappa shape index (κ2) is 6.94. The van der Waals surface area contributed by atoms with E-state index in [4.69, 9.17) is 4.74 Å².